The highest BCUT2D eigenvalue weighted by molar-refractivity contribution is 7.94. The first-order valence-electron chi connectivity index (χ1n) is 10.1. The Balaban J connectivity index is 1.36. The predicted octanol–water partition coefficient (Wildman–Crippen LogP) is 2.49. The van der Waals surface area contributed by atoms with Crippen LogP contribution in [-0.2, 0) is 19.6 Å². The molecule has 0 saturated heterocycles. The zero-order valence-corrected chi connectivity index (χ0v) is 19.2. The molecular weight excluding hydrogens is 478 g/mol. The van der Waals surface area contributed by atoms with Crippen LogP contribution in [0.5, 0.6) is 0 Å². The zero-order chi connectivity index (χ0) is 24.1. The van der Waals surface area contributed by atoms with E-state index in [0.29, 0.717) is 5.69 Å². The first-order chi connectivity index (χ1) is 16.3. The third-order valence-corrected chi connectivity index (χ3v) is 7.52. The van der Waals surface area contributed by atoms with Crippen molar-refractivity contribution in [3.8, 4) is 0 Å². The number of hydrogen-bond donors (Lipinski definition) is 3. The molecule has 3 aromatic rings. The van der Waals surface area contributed by atoms with E-state index in [2.05, 4.69) is 20.7 Å². The molecule has 34 heavy (non-hydrogen) atoms. The summed E-state index contributed by atoms with van der Waals surface area (Å²) in [5, 5.41) is 6.95. The summed E-state index contributed by atoms with van der Waals surface area (Å²) in [5.41, 5.74) is 5.71. The van der Waals surface area contributed by atoms with Gasteiger partial charge >= 0.3 is 0 Å². The van der Waals surface area contributed by atoms with Gasteiger partial charge in [-0.2, -0.15) is 5.10 Å². The Morgan fingerprint density at radius 3 is 2.26 bits per heavy atom. The van der Waals surface area contributed by atoms with Gasteiger partial charge in [-0.3, -0.25) is 30.0 Å². The number of carbonyl (C=O) groups is 3. The molecule has 0 aliphatic carbocycles. The van der Waals surface area contributed by atoms with Crippen LogP contribution < -0.4 is 20.6 Å². The average Bonchev–Trinajstić information content (AvgIpc) is 3.40. The van der Waals surface area contributed by atoms with E-state index in [0.717, 1.165) is 16.3 Å². The van der Waals surface area contributed by atoms with E-state index >= 15 is 0 Å². The van der Waals surface area contributed by atoms with E-state index in [4.69, 9.17) is 0 Å². The molecule has 0 spiro atoms. The number of hydrogen-bond acceptors (Lipinski definition) is 7. The van der Waals surface area contributed by atoms with Crippen LogP contribution in [0.2, 0.25) is 0 Å². The molecule has 1 aliphatic heterocycles. The highest BCUT2D eigenvalue weighted by atomic mass is 32.2. The number of nitrogens with zero attached hydrogens (tertiary/aromatic N) is 2. The van der Waals surface area contributed by atoms with Crippen molar-refractivity contribution < 1.29 is 22.8 Å². The molecule has 2 aromatic carbocycles. The number of para-hydroxylation sites is 1. The van der Waals surface area contributed by atoms with Crippen molar-refractivity contribution in [2.75, 3.05) is 9.73 Å². The molecule has 3 N–H and O–H groups in total. The number of hydrazone groups is 1. The smallest absolute Gasteiger partial charge is 0.279 e. The fourth-order valence-corrected chi connectivity index (χ4v) is 5.11. The summed E-state index contributed by atoms with van der Waals surface area (Å²) in [4.78, 5) is 37.0. The minimum atomic E-state index is -3.70. The Morgan fingerprint density at radius 1 is 0.882 bits per heavy atom. The number of rotatable bonds is 6. The second-order valence-corrected chi connectivity index (χ2v) is 9.97. The molecule has 2 heterocycles. The van der Waals surface area contributed by atoms with Crippen LogP contribution in [0.4, 0.5) is 11.4 Å². The van der Waals surface area contributed by atoms with Gasteiger partial charge in [-0.05, 0) is 47.8 Å². The van der Waals surface area contributed by atoms with Crippen LogP contribution in [0, 0.1) is 0 Å². The molecule has 3 amide bonds. The maximum Gasteiger partial charge on any atom is 0.285 e. The fraction of sp³-hybridized carbons (Fsp3) is 0.0909. The topological polar surface area (TPSA) is 137 Å². The van der Waals surface area contributed by atoms with Gasteiger partial charge in [0.15, 0.2) is 0 Å². The second kappa shape index (κ2) is 9.85. The number of sulfonamides is 1. The molecule has 10 nitrogen and oxygen atoms in total. The van der Waals surface area contributed by atoms with Crippen molar-refractivity contribution in [3.63, 3.8) is 0 Å². The van der Waals surface area contributed by atoms with E-state index in [1.807, 2.05) is 0 Å². The van der Waals surface area contributed by atoms with Gasteiger partial charge in [0.2, 0.25) is 5.91 Å². The van der Waals surface area contributed by atoms with E-state index in [1.54, 1.807) is 41.8 Å². The van der Waals surface area contributed by atoms with Crippen LogP contribution in [-0.4, -0.2) is 31.9 Å². The van der Waals surface area contributed by atoms with E-state index in [1.165, 1.54) is 30.3 Å². The third kappa shape index (κ3) is 5.30. The summed E-state index contributed by atoms with van der Waals surface area (Å²) in [7, 11) is -3.70. The molecule has 0 atom stereocenters. The lowest BCUT2D eigenvalue weighted by molar-refractivity contribution is -0.119. The van der Waals surface area contributed by atoms with Crippen molar-refractivity contribution in [1.29, 1.82) is 0 Å². The number of nitrogens with one attached hydrogen (secondary N) is 3. The predicted molar refractivity (Wildman–Crippen MR) is 128 cm³/mol. The molecule has 1 aliphatic rings. The van der Waals surface area contributed by atoms with Crippen LogP contribution in [0.25, 0.3) is 0 Å². The quantitative estimate of drug-likeness (QED) is 0.450. The Labute approximate surface area is 199 Å². The minimum Gasteiger partial charge on any atom is -0.279 e. The van der Waals surface area contributed by atoms with Crippen LogP contribution in [0.1, 0.15) is 23.2 Å². The largest absolute Gasteiger partial charge is 0.285 e. The molecule has 4 rings (SSSR count). The lowest BCUT2D eigenvalue weighted by Crippen LogP contribution is -2.47. The zero-order valence-electron chi connectivity index (χ0n) is 17.6. The van der Waals surface area contributed by atoms with E-state index in [9.17, 15) is 22.8 Å². The highest BCUT2D eigenvalue weighted by Crippen LogP contribution is 2.21. The highest BCUT2D eigenvalue weighted by Gasteiger charge is 2.25. The van der Waals surface area contributed by atoms with Crippen molar-refractivity contribution >= 4 is 56.2 Å². The molecule has 0 saturated carbocycles. The molecule has 174 valence electrons. The lowest BCUT2D eigenvalue weighted by atomic mass is 10.1. The van der Waals surface area contributed by atoms with E-state index in [-0.39, 0.29) is 39.9 Å². The van der Waals surface area contributed by atoms with Crippen molar-refractivity contribution in [1.82, 2.24) is 10.9 Å². The Morgan fingerprint density at radius 2 is 1.59 bits per heavy atom. The van der Waals surface area contributed by atoms with Gasteiger partial charge in [-0.15, -0.1) is 11.3 Å². The van der Waals surface area contributed by atoms with Crippen LogP contribution in [0.15, 0.2) is 81.4 Å². The average molecular weight is 498 g/mol. The number of hydrazine groups is 1. The van der Waals surface area contributed by atoms with Crippen LogP contribution in [0.3, 0.4) is 0 Å². The Bertz CT molecular complexity index is 1340. The van der Waals surface area contributed by atoms with Crippen molar-refractivity contribution in [2.45, 2.75) is 17.1 Å². The maximum atomic E-state index is 12.5. The number of carbonyl (C=O) groups excluding carboxylic acids is 3. The Kier molecular flexibility index (Phi) is 6.70. The summed E-state index contributed by atoms with van der Waals surface area (Å²) in [6.07, 6.45) is 0.251. The number of anilines is 2. The summed E-state index contributed by atoms with van der Waals surface area (Å²) in [6.45, 7) is 0. The molecule has 0 fully saturated rings. The van der Waals surface area contributed by atoms with Crippen molar-refractivity contribution in [3.05, 3.63) is 77.7 Å². The summed E-state index contributed by atoms with van der Waals surface area (Å²) >= 11 is 1.09. The molecular formula is C22H19N5O5S2. The standard InChI is InChI=1S/C22H19N5O5S2/c28-19-13-12-18(25-27(19)17-5-2-1-3-6-17)22(30)24-23-21(29)15-8-10-16(11-9-15)26-34(31,32)20-7-4-14-33-20/h1-11,14,26H,12-13H2,(H,23,29)(H,24,30). The molecule has 0 radical (unpaired) electrons. The molecule has 12 heteroatoms. The van der Waals surface area contributed by atoms with Gasteiger partial charge in [0, 0.05) is 24.1 Å². The first-order valence-corrected chi connectivity index (χ1v) is 12.4. The number of amides is 3. The number of benzene rings is 2. The van der Waals surface area contributed by atoms with Gasteiger partial charge < -0.3 is 0 Å². The monoisotopic (exact) mass is 497 g/mol. The van der Waals surface area contributed by atoms with Gasteiger partial charge in [0.05, 0.1) is 5.69 Å². The SMILES string of the molecule is O=C(NNC(=O)c1ccc(NS(=O)(=O)c2cccs2)cc1)C1=NN(c2ccccc2)C(=O)CC1. The lowest BCUT2D eigenvalue weighted by Gasteiger charge is -2.23. The maximum absolute atomic E-state index is 12.5. The fourth-order valence-electron chi connectivity index (χ4n) is 3.06. The second-order valence-electron chi connectivity index (χ2n) is 7.11. The summed E-state index contributed by atoms with van der Waals surface area (Å²) < 4.78 is 27.2. The van der Waals surface area contributed by atoms with Gasteiger partial charge in [-0.1, -0.05) is 24.3 Å². The normalized spacial score (nSPS) is 13.7. The van der Waals surface area contributed by atoms with Crippen molar-refractivity contribution in [2.24, 2.45) is 5.10 Å². The summed E-state index contributed by atoms with van der Waals surface area (Å²) in [6, 6.07) is 17.6. The first kappa shape index (κ1) is 23.1. The third-order valence-electron chi connectivity index (χ3n) is 4.74. The van der Waals surface area contributed by atoms with E-state index < -0.39 is 21.8 Å². The number of thiophene rings is 1. The minimum absolute atomic E-state index is 0.0992. The van der Waals surface area contributed by atoms with Gasteiger partial charge in [-0.25, -0.2) is 13.4 Å². The van der Waals surface area contributed by atoms with Crippen LogP contribution >= 0.6 is 11.3 Å². The van der Waals surface area contributed by atoms with Gasteiger partial charge in [0.25, 0.3) is 21.8 Å². The molecule has 0 bridgehead atoms. The molecule has 0 unspecified atom stereocenters. The Hall–Kier alpha value is -4.03. The summed E-state index contributed by atoms with van der Waals surface area (Å²) in [5.74, 6) is -1.47. The molecule has 1 aromatic heterocycles. The van der Waals surface area contributed by atoms with Gasteiger partial charge in [0.1, 0.15) is 9.92 Å².